The third-order valence-corrected chi connectivity index (χ3v) is 5.28. The molecule has 1 aliphatic heterocycles. The minimum absolute atomic E-state index is 0.722. The van der Waals surface area contributed by atoms with Crippen molar-refractivity contribution in [3.05, 3.63) is 0 Å². The summed E-state index contributed by atoms with van der Waals surface area (Å²) in [6, 6.07) is 1.45. The van der Waals surface area contributed by atoms with Gasteiger partial charge in [0.15, 0.2) is 0 Å². The first kappa shape index (κ1) is 17.2. The minimum Gasteiger partial charge on any atom is -0.380 e. The Morgan fingerprint density at radius 1 is 1.05 bits per heavy atom. The SMILES string of the molecule is CCCOCCN1CC(C2CCCCC2)NCC1CCC. The molecule has 1 saturated heterocycles. The average molecular weight is 296 g/mol. The summed E-state index contributed by atoms with van der Waals surface area (Å²) in [6.45, 7) is 9.86. The molecular weight excluding hydrogens is 260 g/mol. The van der Waals surface area contributed by atoms with Crippen molar-refractivity contribution in [3.8, 4) is 0 Å². The molecule has 1 saturated carbocycles. The minimum atomic E-state index is 0.722. The monoisotopic (exact) mass is 296 g/mol. The summed E-state index contributed by atoms with van der Waals surface area (Å²) in [7, 11) is 0. The Morgan fingerprint density at radius 3 is 2.57 bits per heavy atom. The van der Waals surface area contributed by atoms with E-state index in [4.69, 9.17) is 4.74 Å². The van der Waals surface area contributed by atoms with Crippen molar-refractivity contribution in [2.45, 2.75) is 77.3 Å². The van der Waals surface area contributed by atoms with E-state index in [0.29, 0.717) is 0 Å². The fourth-order valence-corrected chi connectivity index (χ4v) is 4.05. The maximum atomic E-state index is 5.73. The van der Waals surface area contributed by atoms with Crippen LogP contribution >= 0.6 is 0 Å². The van der Waals surface area contributed by atoms with E-state index in [1.165, 1.54) is 58.0 Å². The van der Waals surface area contributed by atoms with Crippen molar-refractivity contribution in [1.82, 2.24) is 10.2 Å². The van der Waals surface area contributed by atoms with Gasteiger partial charge in [-0.1, -0.05) is 39.5 Å². The second kappa shape index (κ2) is 9.81. The molecule has 21 heavy (non-hydrogen) atoms. The van der Waals surface area contributed by atoms with E-state index in [-0.39, 0.29) is 0 Å². The van der Waals surface area contributed by atoms with Crippen molar-refractivity contribution in [3.63, 3.8) is 0 Å². The topological polar surface area (TPSA) is 24.5 Å². The van der Waals surface area contributed by atoms with Gasteiger partial charge in [-0.05, 0) is 31.6 Å². The van der Waals surface area contributed by atoms with Gasteiger partial charge < -0.3 is 10.1 Å². The smallest absolute Gasteiger partial charge is 0.0593 e. The lowest BCUT2D eigenvalue weighted by Gasteiger charge is -2.44. The summed E-state index contributed by atoms with van der Waals surface area (Å²) in [5, 5.41) is 3.87. The van der Waals surface area contributed by atoms with Crippen LogP contribution in [0.3, 0.4) is 0 Å². The van der Waals surface area contributed by atoms with Gasteiger partial charge in [0.1, 0.15) is 0 Å². The van der Waals surface area contributed by atoms with E-state index < -0.39 is 0 Å². The molecule has 0 aromatic heterocycles. The van der Waals surface area contributed by atoms with Gasteiger partial charge in [0.05, 0.1) is 6.61 Å². The predicted molar refractivity (Wildman–Crippen MR) is 89.7 cm³/mol. The third-order valence-electron chi connectivity index (χ3n) is 5.28. The first-order valence-corrected chi connectivity index (χ1v) is 9.40. The number of nitrogens with zero attached hydrogens (tertiary/aromatic N) is 1. The highest BCUT2D eigenvalue weighted by Gasteiger charge is 2.32. The Labute approximate surface area is 131 Å². The van der Waals surface area contributed by atoms with Crippen LogP contribution in [-0.4, -0.2) is 49.8 Å². The number of nitrogens with one attached hydrogen (secondary N) is 1. The zero-order chi connectivity index (χ0) is 14.9. The Morgan fingerprint density at radius 2 is 1.86 bits per heavy atom. The number of ether oxygens (including phenoxy) is 1. The predicted octanol–water partition coefficient (Wildman–Crippen LogP) is 3.44. The zero-order valence-electron chi connectivity index (χ0n) is 14.3. The van der Waals surface area contributed by atoms with Crippen molar-refractivity contribution in [1.29, 1.82) is 0 Å². The van der Waals surface area contributed by atoms with E-state index in [2.05, 4.69) is 24.1 Å². The molecule has 1 heterocycles. The van der Waals surface area contributed by atoms with Crippen LogP contribution < -0.4 is 5.32 Å². The van der Waals surface area contributed by atoms with Crippen molar-refractivity contribution >= 4 is 0 Å². The van der Waals surface area contributed by atoms with Crippen LogP contribution in [0.4, 0.5) is 0 Å². The molecule has 0 aromatic rings. The molecule has 2 aliphatic rings. The fourth-order valence-electron chi connectivity index (χ4n) is 4.05. The van der Waals surface area contributed by atoms with Crippen LogP contribution in [0.1, 0.15) is 65.2 Å². The molecule has 2 unspecified atom stereocenters. The molecule has 0 amide bonds. The van der Waals surface area contributed by atoms with E-state index in [9.17, 15) is 0 Å². The molecule has 3 nitrogen and oxygen atoms in total. The molecule has 0 bridgehead atoms. The Kier molecular flexibility index (Phi) is 8.05. The third kappa shape index (κ3) is 5.54. The van der Waals surface area contributed by atoms with Crippen molar-refractivity contribution in [2.24, 2.45) is 5.92 Å². The molecule has 124 valence electrons. The van der Waals surface area contributed by atoms with Crippen LogP contribution in [0, 0.1) is 5.92 Å². The van der Waals surface area contributed by atoms with Gasteiger partial charge in [-0.3, -0.25) is 4.90 Å². The Hall–Kier alpha value is -0.120. The molecule has 1 N–H and O–H groups in total. The largest absolute Gasteiger partial charge is 0.380 e. The fraction of sp³-hybridized carbons (Fsp3) is 1.00. The quantitative estimate of drug-likeness (QED) is 0.695. The van der Waals surface area contributed by atoms with Crippen LogP contribution in [0.5, 0.6) is 0 Å². The average Bonchev–Trinajstić information content (AvgIpc) is 2.54. The Bertz CT molecular complexity index is 266. The van der Waals surface area contributed by atoms with Crippen molar-refractivity contribution in [2.75, 3.05) is 32.8 Å². The van der Waals surface area contributed by atoms with E-state index in [0.717, 1.165) is 44.2 Å². The van der Waals surface area contributed by atoms with E-state index >= 15 is 0 Å². The molecule has 3 heteroatoms. The standard InChI is InChI=1S/C18H36N2O/c1-3-8-17-14-19-18(16-9-6-5-7-10-16)15-20(17)11-13-21-12-4-2/h16-19H,3-15H2,1-2H3. The first-order chi connectivity index (χ1) is 10.3. The van der Waals surface area contributed by atoms with Gasteiger partial charge in [0, 0.05) is 38.3 Å². The molecule has 0 spiro atoms. The summed E-state index contributed by atoms with van der Waals surface area (Å²) in [5.74, 6) is 0.917. The maximum Gasteiger partial charge on any atom is 0.0593 e. The van der Waals surface area contributed by atoms with Gasteiger partial charge >= 0.3 is 0 Å². The summed E-state index contributed by atoms with van der Waals surface area (Å²) in [6.07, 6.45) is 11.0. The highest BCUT2D eigenvalue weighted by atomic mass is 16.5. The number of rotatable bonds is 8. The lowest BCUT2D eigenvalue weighted by molar-refractivity contribution is 0.0492. The molecule has 2 fully saturated rings. The second-order valence-corrected chi connectivity index (χ2v) is 6.96. The summed E-state index contributed by atoms with van der Waals surface area (Å²) in [5.41, 5.74) is 0. The van der Waals surface area contributed by atoms with E-state index in [1.54, 1.807) is 0 Å². The first-order valence-electron chi connectivity index (χ1n) is 9.40. The van der Waals surface area contributed by atoms with Gasteiger partial charge in [0.2, 0.25) is 0 Å². The van der Waals surface area contributed by atoms with Gasteiger partial charge in [-0.2, -0.15) is 0 Å². The summed E-state index contributed by atoms with van der Waals surface area (Å²) < 4.78 is 5.73. The highest BCUT2D eigenvalue weighted by molar-refractivity contribution is 4.90. The number of piperazine rings is 1. The molecule has 0 radical (unpaired) electrons. The summed E-state index contributed by atoms with van der Waals surface area (Å²) in [4.78, 5) is 2.72. The number of hydrogen-bond acceptors (Lipinski definition) is 3. The lowest BCUT2D eigenvalue weighted by Crippen LogP contribution is -2.59. The Balaban J connectivity index is 1.81. The van der Waals surface area contributed by atoms with Gasteiger partial charge in [0.25, 0.3) is 0 Å². The molecule has 1 aliphatic carbocycles. The van der Waals surface area contributed by atoms with Crippen LogP contribution in [0.15, 0.2) is 0 Å². The van der Waals surface area contributed by atoms with Crippen LogP contribution in [0.25, 0.3) is 0 Å². The second-order valence-electron chi connectivity index (χ2n) is 6.96. The molecular formula is C18H36N2O. The molecule has 2 rings (SSSR count). The van der Waals surface area contributed by atoms with Crippen LogP contribution in [-0.2, 0) is 4.74 Å². The van der Waals surface area contributed by atoms with Crippen molar-refractivity contribution < 1.29 is 4.74 Å². The molecule has 0 aromatic carbocycles. The van der Waals surface area contributed by atoms with E-state index in [1.807, 2.05) is 0 Å². The van der Waals surface area contributed by atoms with Crippen LogP contribution in [0.2, 0.25) is 0 Å². The highest BCUT2D eigenvalue weighted by Crippen LogP contribution is 2.28. The van der Waals surface area contributed by atoms with Gasteiger partial charge in [-0.25, -0.2) is 0 Å². The summed E-state index contributed by atoms with van der Waals surface area (Å²) >= 11 is 0. The normalized spacial score (nSPS) is 28.9. The molecule has 2 atom stereocenters. The van der Waals surface area contributed by atoms with Gasteiger partial charge in [-0.15, -0.1) is 0 Å². The number of hydrogen-bond donors (Lipinski definition) is 1. The maximum absolute atomic E-state index is 5.73. The lowest BCUT2D eigenvalue weighted by atomic mass is 9.82. The zero-order valence-corrected chi connectivity index (χ0v) is 14.3.